The van der Waals surface area contributed by atoms with Gasteiger partial charge in [-0.15, -0.1) is 5.10 Å². The molecule has 48 heavy (non-hydrogen) atoms. The van der Waals surface area contributed by atoms with Crippen molar-refractivity contribution in [3.63, 3.8) is 0 Å². The molecule has 254 valence electrons. The van der Waals surface area contributed by atoms with Gasteiger partial charge in [-0.1, -0.05) is 36.4 Å². The van der Waals surface area contributed by atoms with Crippen LogP contribution in [0, 0.1) is 5.95 Å². The first-order chi connectivity index (χ1) is 22.8. The third-order valence-corrected chi connectivity index (χ3v) is 8.29. The van der Waals surface area contributed by atoms with Crippen molar-refractivity contribution in [1.29, 1.82) is 0 Å². The van der Waals surface area contributed by atoms with Gasteiger partial charge in [0, 0.05) is 37.4 Å². The van der Waals surface area contributed by atoms with E-state index in [4.69, 9.17) is 14.2 Å². The number of rotatable bonds is 7. The molecule has 4 heterocycles. The number of carbonyl (C=O) groups is 1. The number of allylic oxidation sites excluding steroid dienone is 1. The van der Waals surface area contributed by atoms with Crippen molar-refractivity contribution >= 4 is 28.1 Å². The number of carbonyl (C=O) groups excluding carboxylic acids is 1. The number of ether oxygens (including phenoxy) is 3. The average Bonchev–Trinajstić information content (AvgIpc) is 3.65. The monoisotopic (exact) mass is 666 g/mol. The van der Waals surface area contributed by atoms with Crippen LogP contribution in [0.3, 0.4) is 0 Å². The Morgan fingerprint density at radius 2 is 1.75 bits per heavy atom. The molecule has 4 aromatic rings. The van der Waals surface area contributed by atoms with Crippen molar-refractivity contribution in [3.8, 4) is 5.88 Å². The number of fused-ring (bicyclic) bond motifs is 1. The van der Waals surface area contributed by atoms with E-state index in [1.165, 1.54) is 10.9 Å². The molecule has 2 aromatic heterocycles. The number of halogens is 4. The molecule has 0 N–H and O–H groups in total. The van der Waals surface area contributed by atoms with Gasteiger partial charge in [-0.2, -0.15) is 17.6 Å². The predicted molar refractivity (Wildman–Crippen MR) is 173 cm³/mol. The van der Waals surface area contributed by atoms with E-state index in [2.05, 4.69) is 10.1 Å². The van der Waals surface area contributed by atoms with Crippen molar-refractivity contribution in [3.05, 3.63) is 89.5 Å². The van der Waals surface area contributed by atoms with Crippen molar-refractivity contribution < 1.29 is 36.6 Å². The van der Waals surface area contributed by atoms with Gasteiger partial charge in [-0.3, -0.25) is 0 Å². The Kier molecular flexibility index (Phi) is 9.46. The summed E-state index contributed by atoms with van der Waals surface area (Å²) < 4.78 is 76.8. The topological polar surface area (TPSA) is 78.7 Å². The second-order valence-corrected chi connectivity index (χ2v) is 13.1. The first-order valence-electron chi connectivity index (χ1n) is 16.1. The number of likely N-dealkylation sites (tertiary alicyclic amines) is 1. The van der Waals surface area contributed by atoms with Gasteiger partial charge in [-0.05, 0) is 80.5 Å². The van der Waals surface area contributed by atoms with Crippen LogP contribution in [0.5, 0.6) is 5.88 Å². The quantitative estimate of drug-likeness (QED) is 0.145. The minimum absolute atomic E-state index is 0.0186. The van der Waals surface area contributed by atoms with Gasteiger partial charge >= 0.3 is 12.3 Å². The van der Waals surface area contributed by atoms with Gasteiger partial charge in [-0.25, -0.2) is 14.5 Å². The van der Waals surface area contributed by atoms with Crippen molar-refractivity contribution in [2.45, 2.75) is 77.0 Å². The fourth-order valence-electron chi connectivity index (χ4n) is 6.17. The zero-order valence-corrected chi connectivity index (χ0v) is 27.1. The van der Waals surface area contributed by atoms with Crippen LogP contribution in [0.4, 0.5) is 22.4 Å². The third kappa shape index (κ3) is 7.81. The van der Waals surface area contributed by atoms with Crippen molar-refractivity contribution in [2.24, 2.45) is 0 Å². The van der Waals surface area contributed by atoms with Crippen LogP contribution in [0.15, 0.2) is 66.9 Å². The van der Waals surface area contributed by atoms with Crippen LogP contribution in [-0.4, -0.2) is 63.3 Å². The van der Waals surface area contributed by atoms with E-state index in [-0.39, 0.29) is 28.5 Å². The Morgan fingerprint density at radius 3 is 2.42 bits per heavy atom. The molecule has 2 aliphatic heterocycles. The van der Waals surface area contributed by atoms with Crippen LogP contribution < -0.4 is 4.74 Å². The standard InChI is InChI=1S/C36H38F4N4O4/c1-35(2,3)48-34(45)43-17-16-26(22-43)47-30-15-13-25(21-41-30)32(28(20-36(38,39)40)23-9-5-4-6-10-23)24-12-14-29-27(19-24)33(37)42-44(29)31-11-7-8-18-46-31/h4-6,9-10,12-15,19,21,26,31H,7-8,11,16-18,20,22H2,1-3H3/b32-28-/t26-,31?/m0/s1. The fourth-order valence-corrected chi connectivity index (χ4v) is 6.17. The lowest BCUT2D eigenvalue weighted by atomic mass is 9.88. The highest BCUT2D eigenvalue weighted by Crippen LogP contribution is 2.41. The molecular formula is C36H38F4N4O4. The number of alkyl halides is 3. The summed E-state index contributed by atoms with van der Waals surface area (Å²) in [7, 11) is 0. The molecule has 8 nitrogen and oxygen atoms in total. The summed E-state index contributed by atoms with van der Waals surface area (Å²) in [6.07, 6.45) is -2.35. The van der Waals surface area contributed by atoms with E-state index in [9.17, 15) is 18.0 Å². The molecule has 0 spiro atoms. The Bertz CT molecular complexity index is 1780. The zero-order chi connectivity index (χ0) is 34.1. The molecule has 1 unspecified atom stereocenters. The summed E-state index contributed by atoms with van der Waals surface area (Å²) in [5.41, 5.74) is 1.32. The summed E-state index contributed by atoms with van der Waals surface area (Å²) in [4.78, 5) is 18.5. The van der Waals surface area contributed by atoms with E-state index in [1.54, 1.807) is 86.3 Å². The van der Waals surface area contributed by atoms with Gasteiger partial charge in [0.05, 0.1) is 23.9 Å². The van der Waals surface area contributed by atoms with E-state index in [0.29, 0.717) is 54.7 Å². The summed E-state index contributed by atoms with van der Waals surface area (Å²) in [5.74, 6) is -0.460. The molecule has 12 heteroatoms. The van der Waals surface area contributed by atoms with Gasteiger partial charge < -0.3 is 19.1 Å². The molecule has 0 radical (unpaired) electrons. The maximum atomic E-state index is 15.4. The molecule has 1 amide bonds. The van der Waals surface area contributed by atoms with E-state index in [0.717, 1.165) is 12.8 Å². The van der Waals surface area contributed by atoms with Gasteiger partial charge in [0.15, 0.2) is 6.23 Å². The fraction of sp³-hybridized carbons (Fsp3) is 0.417. The SMILES string of the molecule is CC(C)(C)OC(=O)N1CC[C@H](Oc2ccc(/C(=C(/CC(F)(F)F)c3ccccc3)c3ccc4c(c3)c(F)nn4C3CCCCO3)cn2)C1. The normalized spacial score (nSPS) is 19.4. The Hall–Kier alpha value is -4.45. The van der Waals surface area contributed by atoms with Crippen LogP contribution in [-0.2, 0) is 9.47 Å². The molecule has 2 aliphatic rings. The lowest BCUT2D eigenvalue weighted by Crippen LogP contribution is -2.36. The molecule has 2 fully saturated rings. The Morgan fingerprint density at radius 1 is 0.979 bits per heavy atom. The Balaban J connectivity index is 1.36. The van der Waals surface area contributed by atoms with Gasteiger partial charge in [0.2, 0.25) is 11.8 Å². The van der Waals surface area contributed by atoms with Crippen molar-refractivity contribution in [2.75, 3.05) is 19.7 Å². The van der Waals surface area contributed by atoms with Crippen molar-refractivity contribution in [1.82, 2.24) is 19.7 Å². The highest BCUT2D eigenvalue weighted by Gasteiger charge is 2.33. The molecule has 2 aromatic carbocycles. The number of amides is 1. The first-order valence-corrected chi connectivity index (χ1v) is 16.1. The lowest BCUT2D eigenvalue weighted by Gasteiger charge is -2.24. The molecule has 2 saturated heterocycles. The summed E-state index contributed by atoms with van der Waals surface area (Å²) in [5, 5.41) is 4.29. The second kappa shape index (κ2) is 13.6. The average molecular weight is 667 g/mol. The predicted octanol–water partition coefficient (Wildman–Crippen LogP) is 8.57. The maximum absolute atomic E-state index is 15.4. The van der Waals surface area contributed by atoms with E-state index < -0.39 is 36.5 Å². The van der Waals surface area contributed by atoms with Gasteiger partial charge in [0.25, 0.3) is 0 Å². The summed E-state index contributed by atoms with van der Waals surface area (Å²) >= 11 is 0. The number of benzene rings is 2. The van der Waals surface area contributed by atoms with Crippen LogP contribution in [0.2, 0.25) is 0 Å². The number of hydrogen-bond acceptors (Lipinski definition) is 6. The summed E-state index contributed by atoms with van der Waals surface area (Å²) in [6, 6.07) is 16.5. The minimum atomic E-state index is -4.53. The number of hydrogen-bond donors (Lipinski definition) is 0. The third-order valence-electron chi connectivity index (χ3n) is 8.29. The van der Waals surface area contributed by atoms with E-state index in [1.807, 2.05) is 0 Å². The highest BCUT2D eigenvalue weighted by atomic mass is 19.4. The molecule has 0 aliphatic carbocycles. The highest BCUT2D eigenvalue weighted by molar-refractivity contribution is 6.00. The minimum Gasteiger partial charge on any atom is -0.472 e. The molecule has 6 rings (SSSR count). The zero-order valence-electron chi connectivity index (χ0n) is 27.1. The number of pyridine rings is 1. The molecular weight excluding hydrogens is 628 g/mol. The smallest absolute Gasteiger partial charge is 0.410 e. The Labute approximate surface area is 276 Å². The van der Waals surface area contributed by atoms with Crippen LogP contribution in [0.25, 0.3) is 22.0 Å². The van der Waals surface area contributed by atoms with E-state index >= 15 is 4.39 Å². The second-order valence-electron chi connectivity index (χ2n) is 13.1. The van der Waals surface area contributed by atoms with Crippen LogP contribution in [0.1, 0.15) is 75.8 Å². The van der Waals surface area contributed by atoms with Crippen LogP contribution >= 0.6 is 0 Å². The molecule has 0 saturated carbocycles. The lowest BCUT2D eigenvalue weighted by molar-refractivity contribution is -0.122. The maximum Gasteiger partial charge on any atom is 0.410 e. The first kappa shape index (κ1) is 33.5. The van der Waals surface area contributed by atoms with Gasteiger partial charge in [0.1, 0.15) is 11.7 Å². The summed E-state index contributed by atoms with van der Waals surface area (Å²) in [6.45, 7) is 6.73. The molecule has 0 bridgehead atoms. The number of nitrogens with zero attached hydrogens (tertiary/aromatic N) is 4. The largest absolute Gasteiger partial charge is 0.472 e. The number of aromatic nitrogens is 3. The molecule has 2 atom stereocenters.